The fraction of sp³-hybridized carbons (Fsp3) is 0.480. The van der Waals surface area contributed by atoms with E-state index in [1.165, 1.54) is 36.7 Å². The normalized spacial score (nSPS) is 15.7. The Labute approximate surface area is 209 Å². The predicted octanol–water partition coefficient (Wildman–Crippen LogP) is 3.88. The third-order valence-corrected chi connectivity index (χ3v) is 5.60. The summed E-state index contributed by atoms with van der Waals surface area (Å²) in [7, 11) is 2.21. The van der Waals surface area contributed by atoms with Gasteiger partial charge in [-0.25, -0.2) is 9.38 Å². The third-order valence-electron chi connectivity index (χ3n) is 5.60. The van der Waals surface area contributed by atoms with Crippen LogP contribution in [0.1, 0.15) is 30.0 Å². The molecule has 1 saturated heterocycles. The van der Waals surface area contributed by atoms with Crippen LogP contribution in [-0.2, 0) is 19.5 Å². The molecule has 2 N–H and O–H groups in total. The van der Waals surface area contributed by atoms with Crippen LogP contribution in [0.2, 0.25) is 0 Å². The average molecular weight is 554 g/mol. The molecule has 3 rings (SSSR count). The number of nitrogens with zero attached hydrogens (tertiary/aromatic N) is 3. The van der Waals surface area contributed by atoms with Crippen molar-refractivity contribution in [1.29, 1.82) is 0 Å². The summed E-state index contributed by atoms with van der Waals surface area (Å²) in [5.74, 6) is 0.598. The molecule has 0 radical (unpaired) electrons. The number of benzene rings is 2. The Morgan fingerprint density at radius 3 is 2.50 bits per heavy atom. The Bertz CT molecular complexity index is 827. The van der Waals surface area contributed by atoms with Gasteiger partial charge < -0.3 is 15.5 Å². The summed E-state index contributed by atoms with van der Waals surface area (Å²) in [6.45, 7) is 9.85. The molecular formula is C25H37FIN5. The van der Waals surface area contributed by atoms with Gasteiger partial charge in [-0.1, -0.05) is 36.4 Å². The topological polar surface area (TPSA) is 42.9 Å². The molecule has 0 unspecified atom stereocenters. The molecule has 32 heavy (non-hydrogen) atoms. The minimum Gasteiger partial charge on any atom is -0.357 e. The van der Waals surface area contributed by atoms with Crippen LogP contribution in [0, 0.1) is 5.82 Å². The lowest BCUT2D eigenvalue weighted by Crippen LogP contribution is -2.38. The number of likely N-dealkylation sites (N-methyl/N-ethyl adjacent to an activating group) is 1. The molecule has 1 fully saturated rings. The quantitative estimate of drug-likeness (QED) is 0.296. The molecule has 1 heterocycles. The van der Waals surface area contributed by atoms with Gasteiger partial charge in [0.05, 0.1) is 6.54 Å². The molecule has 0 bridgehead atoms. The van der Waals surface area contributed by atoms with E-state index in [9.17, 15) is 4.39 Å². The Hall–Kier alpha value is -1.71. The van der Waals surface area contributed by atoms with Crippen LogP contribution in [-0.4, -0.2) is 62.1 Å². The van der Waals surface area contributed by atoms with Gasteiger partial charge in [-0.2, -0.15) is 0 Å². The van der Waals surface area contributed by atoms with Gasteiger partial charge in [-0.05, 0) is 68.7 Å². The highest BCUT2D eigenvalue weighted by Gasteiger charge is 2.12. The van der Waals surface area contributed by atoms with Gasteiger partial charge in [0, 0.05) is 32.7 Å². The summed E-state index contributed by atoms with van der Waals surface area (Å²) in [6, 6.07) is 15.6. The van der Waals surface area contributed by atoms with Crippen LogP contribution in [0.5, 0.6) is 0 Å². The number of nitrogens with one attached hydrogen (secondary N) is 2. The zero-order valence-corrected chi connectivity index (χ0v) is 21.6. The van der Waals surface area contributed by atoms with Crippen LogP contribution in [0.15, 0.2) is 53.5 Å². The van der Waals surface area contributed by atoms with Crippen LogP contribution in [0.25, 0.3) is 0 Å². The van der Waals surface area contributed by atoms with Crippen LogP contribution >= 0.6 is 24.0 Å². The Kier molecular flexibility index (Phi) is 12.0. The molecule has 0 aromatic heterocycles. The lowest BCUT2D eigenvalue weighted by Gasteiger charge is -2.20. The zero-order valence-electron chi connectivity index (χ0n) is 19.3. The molecule has 0 spiro atoms. The van der Waals surface area contributed by atoms with E-state index in [4.69, 9.17) is 4.99 Å². The molecule has 0 saturated carbocycles. The van der Waals surface area contributed by atoms with Gasteiger partial charge in [0.2, 0.25) is 0 Å². The van der Waals surface area contributed by atoms with Crippen LogP contribution in [0.4, 0.5) is 4.39 Å². The molecule has 7 heteroatoms. The lowest BCUT2D eigenvalue weighted by molar-refractivity contribution is 0.269. The summed E-state index contributed by atoms with van der Waals surface area (Å²) >= 11 is 0. The maximum absolute atomic E-state index is 13.3. The van der Waals surface area contributed by atoms with Gasteiger partial charge in [-0.15, -0.1) is 24.0 Å². The van der Waals surface area contributed by atoms with Crippen molar-refractivity contribution in [1.82, 2.24) is 20.4 Å². The van der Waals surface area contributed by atoms with Crippen molar-refractivity contribution in [3.05, 3.63) is 71.0 Å². The maximum atomic E-state index is 13.3. The van der Waals surface area contributed by atoms with Crippen molar-refractivity contribution >= 4 is 29.9 Å². The number of rotatable bonds is 8. The average Bonchev–Trinajstić information content (AvgIpc) is 2.97. The van der Waals surface area contributed by atoms with Crippen molar-refractivity contribution in [2.24, 2.45) is 4.99 Å². The number of hydrogen-bond donors (Lipinski definition) is 2. The third kappa shape index (κ3) is 9.42. The van der Waals surface area contributed by atoms with E-state index < -0.39 is 0 Å². The smallest absolute Gasteiger partial charge is 0.191 e. The summed E-state index contributed by atoms with van der Waals surface area (Å²) in [4.78, 5) is 9.66. The highest BCUT2D eigenvalue weighted by molar-refractivity contribution is 14.0. The molecule has 1 aliphatic heterocycles. The van der Waals surface area contributed by atoms with Crippen molar-refractivity contribution in [3.8, 4) is 0 Å². The summed E-state index contributed by atoms with van der Waals surface area (Å²) in [5, 5.41) is 6.62. The number of guanidine groups is 1. The molecule has 2 aromatic rings. The largest absolute Gasteiger partial charge is 0.357 e. The number of hydrogen-bond acceptors (Lipinski definition) is 3. The molecule has 0 amide bonds. The Morgan fingerprint density at radius 1 is 0.969 bits per heavy atom. The lowest BCUT2D eigenvalue weighted by atomic mass is 10.1. The molecular weight excluding hydrogens is 516 g/mol. The standard InChI is InChI=1S/C25H36FN5.HI/c1-3-27-25(28-13-12-21-6-4-7-24(26)18-21)29-19-22-8-10-23(11-9-22)20-31-15-5-14-30(2)16-17-31;/h4,6-11,18H,3,5,12-17,19-20H2,1-2H3,(H2,27,28,29);1H. The van der Waals surface area contributed by atoms with Crippen LogP contribution < -0.4 is 10.6 Å². The van der Waals surface area contributed by atoms with Gasteiger partial charge in [-0.3, -0.25) is 4.90 Å². The maximum Gasteiger partial charge on any atom is 0.191 e. The van der Waals surface area contributed by atoms with E-state index in [2.05, 4.69) is 58.7 Å². The first kappa shape index (κ1) is 26.5. The molecule has 1 aliphatic rings. The van der Waals surface area contributed by atoms with Gasteiger partial charge >= 0.3 is 0 Å². The fourth-order valence-electron chi connectivity index (χ4n) is 3.80. The monoisotopic (exact) mass is 553 g/mol. The minimum absolute atomic E-state index is 0. The Morgan fingerprint density at radius 2 is 1.75 bits per heavy atom. The van der Waals surface area contributed by atoms with Crippen molar-refractivity contribution in [3.63, 3.8) is 0 Å². The minimum atomic E-state index is -0.190. The first-order valence-corrected chi connectivity index (χ1v) is 11.4. The summed E-state index contributed by atoms with van der Waals surface area (Å²) < 4.78 is 13.3. The predicted molar refractivity (Wildman–Crippen MR) is 142 cm³/mol. The van der Waals surface area contributed by atoms with Gasteiger partial charge in [0.1, 0.15) is 5.82 Å². The molecule has 0 atom stereocenters. The van der Waals surface area contributed by atoms with E-state index in [1.54, 1.807) is 12.1 Å². The molecule has 5 nitrogen and oxygen atoms in total. The number of halogens is 2. The van der Waals surface area contributed by atoms with Crippen molar-refractivity contribution < 1.29 is 4.39 Å². The SMILES string of the molecule is CCNC(=NCc1ccc(CN2CCCN(C)CC2)cc1)NCCc1cccc(F)c1.I. The first-order chi connectivity index (χ1) is 15.1. The molecule has 2 aromatic carbocycles. The second-order valence-corrected chi connectivity index (χ2v) is 8.25. The zero-order chi connectivity index (χ0) is 21.9. The second-order valence-electron chi connectivity index (χ2n) is 8.25. The molecule has 176 valence electrons. The fourth-order valence-corrected chi connectivity index (χ4v) is 3.80. The summed E-state index contributed by atoms with van der Waals surface area (Å²) in [5.41, 5.74) is 3.54. The van der Waals surface area contributed by atoms with E-state index in [0.717, 1.165) is 44.1 Å². The number of aliphatic imine (C=N–C) groups is 1. The summed E-state index contributed by atoms with van der Waals surface area (Å²) in [6.07, 6.45) is 1.99. The van der Waals surface area contributed by atoms with Crippen molar-refractivity contribution in [2.75, 3.05) is 46.3 Å². The first-order valence-electron chi connectivity index (χ1n) is 11.4. The highest BCUT2D eigenvalue weighted by Crippen LogP contribution is 2.11. The van der Waals surface area contributed by atoms with Crippen LogP contribution in [0.3, 0.4) is 0 Å². The molecule has 0 aliphatic carbocycles. The Balaban J connectivity index is 0.00000363. The van der Waals surface area contributed by atoms with Gasteiger partial charge in [0.25, 0.3) is 0 Å². The highest BCUT2D eigenvalue weighted by atomic mass is 127. The van der Waals surface area contributed by atoms with E-state index in [0.29, 0.717) is 13.1 Å². The van der Waals surface area contributed by atoms with Crippen molar-refractivity contribution in [2.45, 2.75) is 32.9 Å². The van der Waals surface area contributed by atoms with E-state index in [1.807, 2.05) is 6.07 Å². The van der Waals surface area contributed by atoms with E-state index >= 15 is 0 Å². The second kappa shape index (κ2) is 14.4. The van der Waals surface area contributed by atoms with Gasteiger partial charge in [0.15, 0.2) is 5.96 Å². The van der Waals surface area contributed by atoms with E-state index in [-0.39, 0.29) is 29.8 Å².